The van der Waals surface area contributed by atoms with Crippen LogP contribution in [0, 0.1) is 11.8 Å². The minimum absolute atomic E-state index is 0.0142. The maximum atomic E-state index is 10.3. The van der Waals surface area contributed by atoms with Crippen molar-refractivity contribution in [2.75, 3.05) is 34.0 Å². The molecule has 11 heteroatoms. The van der Waals surface area contributed by atoms with Gasteiger partial charge < -0.3 is 54.3 Å². The summed E-state index contributed by atoms with van der Waals surface area (Å²) in [4.78, 5) is 0. The topological polar surface area (TPSA) is 168 Å². The molecule has 2 aromatic carbocycles. The molecular weight excluding hydrogens is 488 g/mol. The second kappa shape index (κ2) is 11.8. The monoisotopic (exact) mass is 522 g/mol. The predicted octanol–water partition coefficient (Wildman–Crippen LogP) is 0.127. The fraction of sp³-hybridized carbons (Fsp3) is 0.538. The molecule has 0 aliphatic carbocycles. The first-order valence-corrected chi connectivity index (χ1v) is 12.0. The molecule has 11 nitrogen and oxygen atoms in total. The zero-order chi connectivity index (χ0) is 26.7. The number of phenolic OH excluding ortho intramolecular Hbond substituents is 1. The maximum Gasteiger partial charge on any atom is 0.229 e. The molecule has 2 aromatic rings. The van der Waals surface area contributed by atoms with Gasteiger partial charge in [0, 0.05) is 12.5 Å². The number of aliphatic hydroxyl groups excluding tert-OH is 5. The van der Waals surface area contributed by atoms with Crippen LogP contribution >= 0.6 is 0 Å². The van der Waals surface area contributed by atoms with E-state index in [1.165, 1.54) is 14.2 Å². The zero-order valence-corrected chi connectivity index (χ0v) is 20.6. The summed E-state index contributed by atoms with van der Waals surface area (Å²) in [6, 6.07) is 10.2. The molecule has 0 spiro atoms. The van der Waals surface area contributed by atoms with Gasteiger partial charge in [0.05, 0.1) is 33.5 Å². The lowest BCUT2D eigenvalue weighted by Crippen LogP contribution is -2.60. The highest BCUT2D eigenvalue weighted by molar-refractivity contribution is 5.44. The van der Waals surface area contributed by atoms with Crippen LogP contribution in [0.25, 0.3) is 0 Å². The van der Waals surface area contributed by atoms with E-state index < -0.39 is 43.4 Å². The molecule has 2 aliphatic rings. The molecule has 37 heavy (non-hydrogen) atoms. The van der Waals surface area contributed by atoms with Crippen LogP contribution in [-0.2, 0) is 15.9 Å². The molecule has 4 rings (SSSR count). The number of phenols is 1. The van der Waals surface area contributed by atoms with Crippen molar-refractivity contribution in [3.8, 4) is 23.0 Å². The molecule has 0 amide bonds. The Balaban J connectivity index is 1.49. The average Bonchev–Trinajstić information content (AvgIpc) is 3.32. The lowest BCUT2D eigenvalue weighted by Gasteiger charge is -2.39. The maximum absolute atomic E-state index is 10.3. The fourth-order valence-corrected chi connectivity index (χ4v) is 4.92. The van der Waals surface area contributed by atoms with Gasteiger partial charge in [-0.1, -0.05) is 12.1 Å². The second-order valence-corrected chi connectivity index (χ2v) is 9.30. The molecule has 2 fully saturated rings. The Labute approximate surface area is 214 Å². The summed E-state index contributed by atoms with van der Waals surface area (Å²) >= 11 is 0. The van der Waals surface area contributed by atoms with Crippen molar-refractivity contribution in [2.45, 2.75) is 43.2 Å². The predicted molar refractivity (Wildman–Crippen MR) is 129 cm³/mol. The lowest BCUT2D eigenvalue weighted by atomic mass is 9.84. The highest BCUT2D eigenvalue weighted by atomic mass is 16.7. The van der Waals surface area contributed by atoms with Crippen LogP contribution in [0.2, 0.25) is 0 Å². The first kappa shape index (κ1) is 27.4. The summed E-state index contributed by atoms with van der Waals surface area (Å²) in [5.74, 6) is 0.766. The molecular formula is C26H34O11. The van der Waals surface area contributed by atoms with E-state index in [0.29, 0.717) is 24.5 Å². The summed E-state index contributed by atoms with van der Waals surface area (Å²) < 4.78 is 27.9. The van der Waals surface area contributed by atoms with Crippen LogP contribution in [0.5, 0.6) is 23.0 Å². The summed E-state index contributed by atoms with van der Waals surface area (Å²) in [6.45, 7) is -0.249. The molecule has 204 valence electrons. The van der Waals surface area contributed by atoms with Gasteiger partial charge in [0.2, 0.25) is 6.29 Å². The van der Waals surface area contributed by atoms with Crippen molar-refractivity contribution in [1.82, 2.24) is 0 Å². The summed E-state index contributed by atoms with van der Waals surface area (Å²) in [5, 5.41) is 59.7. The highest BCUT2D eigenvalue weighted by Gasteiger charge is 2.45. The molecule has 2 heterocycles. The van der Waals surface area contributed by atoms with Gasteiger partial charge in [-0.2, -0.15) is 0 Å². The molecule has 0 unspecified atom stereocenters. The quantitative estimate of drug-likeness (QED) is 0.265. The Morgan fingerprint density at radius 1 is 0.865 bits per heavy atom. The average molecular weight is 523 g/mol. The Bertz CT molecular complexity index is 1050. The van der Waals surface area contributed by atoms with Crippen LogP contribution < -0.4 is 14.2 Å². The molecule has 8 atom stereocenters. The smallest absolute Gasteiger partial charge is 0.229 e. The molecule has 6 N–H and O–H groups in total. The highest BCUT2D eigenvalue weighted by Crippen LogP contribution is 2.43. The Kier molecular flexibility index (Phi) is 8.75. The summed E-state index contributed by atoms with van der Waals surface area (Å²) in [5.41, 5.74) is 1.70. The number of benzene rings is 2. The van der Waals surface area contributed by atoms with Gasteiger partial charge in [0.15, 0.2) is 23.0 Å². The normalized spacial score (nSPS) is 31.8. The van der Waals surface area contributed by atoms with Gasteiger partial charge in [-0.15, -0.1) is 0 Å². The summed E-state index contributed by atoms with van der Waals surface area (Å²) in [7, 11) is 2.93. The van der Waals surface area contributed by atoms with Crippen molar-refractivity contribution >= 4 is 0 Å². The van der Waals surface area contributed by atoms with Crippen molar-refractivity contribution < 1.29 is 54.3 Å². The first-order valence-electron chi connectivity index (χ1n) is 12.0. The van der Waals surface area contributed by atoms with E-state index in [9.17, 15) is 30.6 Å². The van der Waals surface area contributed by atoms with Crippen molar-refractivity contribution in [3.05, 3.63) is 47.5 Å². The minimum Gasteiger partial charge on any atom is -0.504 e. The third-order valence-electron chi connectivity index (χ3n) is 7.04. The van der Waals surface area contributed by atoms with E-state index in [1.54, 1.807) is 30.3 Å². The SMILES string of the molecule is COc1cc(C[C@H]2CO[C@H](c3ccc(O[C@@H]4O[C@H](CO)[C@@H](O)[C@@H](O)[C@H]4O)c(OC)c3)[C@H]2CO)ccc1O. The largest absolute Gasteiger partial charge is 0.504 e. The second-order valence-electron chi connectivity index (χ2n) is 9.30. The van der Waals surface area contributed by atoms with Gasteiger partial charge in [-0.05, 0) is 47.7 Å². The van der Waals surface area contributed by atoms with Crippen molar-refractivity contribution in [3.63, 3.8) is 0 Å². The van der Waals surface area contributed by atoms with E-state index in [2.05, 4.69) is 0 Å². The standard InChI is InChI=1S/C26H34O11/c1-33-19-8-13(3-5-17(19)29)7-15-12-35-25(16(15)10-27)14-4-6-18(20(9-14)34-2)36-26-24(32)23(31)22(30)21(11-28)37-26/h3-6,8-9,15-16,21-32H,7,10-12H2,1-2H3/t15-,16-,21+,22+,23+,24+,25+,26+/m0/s1. The Hall–Kier alpha value is -2.64. The third kappa shape index (κ3) is 5.63. The number of hydrogen-bond acceptors (Lipinski definition) is 11. The molecule has 2 aliphatic heterocycles. The number of hydrogen-bond donors (Lipinski definition) is 6. The van der Waals surface area contributed by atoms with Crippen LogP contribution in [0.1, 0.15) is 17.2 Å². The minimum atomic E-state index is -1.57. The van der Waals surface area contributed by atoms with E-state index in [1.807, 2.05) is 6.07 Å². The van der Waals surface area contributed by atoms with Crippen LogP contribution in [0.3, 0.4) is 0 Å². The van der Waals surface area contributed by atoms with Crippen molar-refractivity contribution in [1.29, 1.82) is 0 Å². The van der Waals surface area contributed by atoms with Gasteiger partial charge in [-0.3, -0.25) is 0 Å². The molecule has 2 saturated heterocycles. The van der Waals surface area contributed by atoms with Crippen LogP contribution in [0.15, 0.2) is 36.4 Å². The number of ether oxygens (including phenoxy) is 5. The number of methoxy groups -OCH3 is 2. The van der Waals surface area contributed by atoms with E-state index in [0.717, 1.165) is 11.1 Å². The lowest BCUT2D eigenvalue weighted by molar-refractivity contribution is -0.277. The molecule has 0 saturated carbocycles. The van der Waals surface area contributed by atoms with Crippen LogP contribution in [0.4, 0.5) is 0 Å². The zero-order valence-electron chi connectivity index (χ0n) is 20.6. The van der Waals surface area contributed by atoms with E-state index in [-0.39, 0.29) is 29.9 Å². The Morgan fingerprint density at radius 3 is 2.30 bits per heavy atom. The Morgan fingerprint density at radius 2 is 1.62 bits per heavy atom. The summed E-state index contributed by atoms with van der Waals surface area (Å²) in [6.07, 6.45) is -6.86. The van der Waals surface area contributed by atoms with Crippen LogP contribution in [-0.4, -0.2) is 95.4 Å². The molecule has 0 bridgehead atoms. The molecule has 0 radical (unpaired) electrons. The van der Waals surface area contributed by atoms with Gasteiger partial charge in [-0.25, -0.2) is 0 Å². The van der Waals surface area contributed by atoms with Gasteiger partial charge in [0.25, 0.3) is 0 Å². The van der Waals surface area contributed by atoms with E-state index in [4.69, 9.17) is 23.7 Å². The number of aliphatic hydroxyl groups is 5. The van der Waals surface area contributed by atoms with Gasteiger partial charge in [0.1, 0.15) is 24.4 Å². The fourth-order valence-electron chi connectivity index (χ4n) is 4.92. The number of rotatable bonds is 9. The van der Waals surface area contributed by atoms with E-state index >= 15 is 0 Å². The number of aromatic hydroxyl groups is 1. The van der Waals surface area contributed by atoms with Gasteiger partial charge >= 0.3 is 0 Å². The first-order chi connectivity index (χ1) is 17.8. The third-order valence-corrected chi connectivity index (χ3v) is 7.04. The van der Waals surface area contributed by atoms with Crippen molar-refractivity contribution in [2.24, 2.45) is 11.8 Å². The molecule has 0 aromatic heterocycles.